The molecular weight excluding hydrogens is 334 g/mol. The first-order valence-corrected chi connectivity index (χ1v) is 7.71. The topological polar surface area (TPSA) is 165 Å². The highest BCUT2D eigenvalue weighted by Gasteiger charge is 2.02. The van der Waals surface area contributed by atoms with E-state index in [1.165, 1.54) is 17.8 Å². The van der Waals surface area contributed by atoms with E-state index >= 15 is 0 Å². The number of pyridine rings is 1. The van der Waals surface area contributed by atoms with Crippen LogP contribution in [-0.4, -0.2) is 37.1 Å². The van der Waals surface area contributed by atoms with Crippen molar-refractivity contribution in [3.63, 3.8) is 0 Å². The van der Waals surface area contributed by atoms with Gasteiger partial charge in [-0.2, -0.15) is 0 Å². The molecule has 0 bridgehead atoms. The highest BCUT2D eigenvalue weighted by molar-refractivity contribution is 7.98. The smallest absolute Gasteiger partial charge is 0.303 e. The third-order valence-corrected chi connectivity index (χ3v) is 3.25. The summed E-state index contributed by atoms with van der Waals surface area (Å²) in [7, 11) is 0. The van der Waals surface area contributed by atoms with Gasteiger partial charge in [0.25, 0.3) is 0 Å². The number of rotatable bonds is 6. The Labute approximate surface area is 142 Å². The predicted octanol–water partition coefficient (Wildman–Crippen LogP) is 1.26. The second-order valence-corrected chi connectivity index (χ2v) is 5.34. The molecule has 0 aromatic carbocycles. The second kappa shape index (κ2) is 10.0. The normalized spacial score (nSPS) is 9.67. The molecule has 24 heavy (non-hydrogen) atoms. The molecule has 0 aliphatic carbocycles. The Morgan fingerprint density at radius 3 is 2.08 bits per heavy atom. The molecule has 6 N–H and O–H groups in total. The van der Waals surface area contributed by atoms with Crippen molar-refractivity contribution >= 4 is 35.3 Å². The fourth-order valence-electron chi connectivity index (χ4n) is 1.36. The Morgan fingerprint density at radius 2 is 1.62 bits per heavy atom. The van der Waals surface area contributed by atoms with Gasteiger partial charge in [0.2, 0.25) is 0 Å². The van der Waals surface area contributed by atoms with Crippen LogP contribution in [0.2, 0.25) is 0 Å². The van der Waals surface area contributed by atoms with Crippen molar-refractivity contribution in [2.24, 2.45) is 0 Å². The Kier molecular flexibility index (Phi) is 7.99. The minimum absolute atomic E-state index is 0.296. The standard InChI is InChI=1S/C10H11N5S.C4H6O4/c11-8-5-9(12)15-10(14-8)16-6-7-3-1-2-4-13-7;5-3(6)1-2-4(7)8/h1-5H,6H2,(H4,11,12,14,15);1-2H2,(H,5,6)(H,7,8). The van der Waals surface area contributed by atoms with Crippen LogP contribution in [0.25, 0.3) is 0 Å². The SMILES string of the molecule is Nc1cc(N)nc(SCc2ccccn2)n1.O=C(O)CCC(=O)O. The number of hydrogen-bond acceptors (Lipinski definition) is 8. The molecule has 9 nitrogen and oxygen atoms in total. The van der Waals surface area contributed by atoms with E-state index in [1.54, 1.807) is 6.20 Å². The zero-order valence-corrected chi connectivity index (χ0v) is 13.4. The molecule has 2 aromatic heterocycles. The van der Waals surface area contributed by atoms with Crippen LogP contribution in [0.1, 0.15) is 18.5 Å². The molecular formula is C14H17N5O4S. The molecule has 0 fully saturated rings. The number of carboxylic acid groups (broad SMARTS) is 2. The van der Waals surface area contributed by atoms with Crippen LogP contribution in [0, 0.1) is 0 Å². The van der Waals surface area contributed by atoms with Crippen molar-refractivity contribution in [3.05, 3.63) is 36.2 Å². The fourth-order valence-corrected chi connectivity index (χ4v) is 2.15. The predicted molar refractivity (Wildman–Crippen MR) is 89.2 cm³/mol. The molecule has 0 radical (unpaired) electrons. The number of anilines is 2. The Morgan fingerprint density at radius 1 is 1.04 bits per heavy atom. The third kappa shape index (κ3) is 8.54. The molecule has 0 saturated carbocycles. The fraction of sp³-hybridized carbons (Fsp3) is 0.214. The lowest BCUT2D eigenvalue weighted by atomic mass is 10.3. The molecule has 0 saturated heterocycles. The first-order chi connectivity index (χ1) is 11.4. The van der Waals surface area contributed by atoms with E-state index in [1.807, 2.05) is 18.2 Å². The summed E-state index contributed by atoms with van der Waals surface area (Å²) in [5.41, 5.74) is 12.1. The number of aromatic nitrogens is 3. The van der Waals surface area contributed by atoms with Gasteiger partial charge in [-0.15, -0.1) is 0 Å². The minimum atomic E-state index is -1.08. The maximum atomic E-state index is 9.64. The van der Waals surface area contributed by atoms with Crippen LogP contribution in [0.5, 0.6) is 0 Å². The van der Waals surface area contributed by atoms with Crippen LogP contribution >= 0.6 is 11.8 Å². The van der Waals surface area contributed by atoms with E-state index < -0.39 is 11.9 Å². The molecule has 0 spiro atoms. The molecule has 2 aromatic rings. The molecule has 2 heterocycles. The van der Waals surface area contributed by atoms with Gasteiger partial charge in [0.15, 0.2) is 5.16 Å². The van der Waals surface area contributed by atoms with Gasteiger partial charge >= 0.3 is 11.9 Å². The number of nitrogens with zero attached hydrogens (tertiary/aromatic N) is 3. The van der Waals surface area contributed by atoms with Gasteiger partial charge in [0, 0.05) is 18.0 Å². The van der Waals surface area contributed by atoms with Crippen LogP contribution in [-0.2, 0) is 15.3 Å². The van der Waals surface area contributed by atoms with Gasteiger partial charge in [-0.3, -0.25) is 14.6 Å². The summed E-state index contributed by atoms with van der Waals surface area (Å²) in [5, 5.41) is 16.4. The summed E-state index contributed by atoms with van der Waals surface area (Å²) in [4.78, 5) is 31.6. The van der Waals surface area contributed by atoms with Crippen LogP contribution in [0.3, 0.4) is 0 Å². The van der Waals surface area contributed by atoms with E-state index in [4.69, 9.17) is 21.7 Å². The van der Waals surface area contributed by atoms with E-state index in [2.05, 4.69) is 15.0 Å². The van der Waals surface area contributed by atoms with Gasteiger partial charge in [-0.05, 0) is 12.1 Å². The van der Waals surface area contributed by atoms with Crippen LogP contribution < -0.4 is 11.5 Å². The lowest BCUT2D eigenvalue weighted by Gasteiger charge is -2.02. The second-order valence-electron chi connectivity index (χ2n) is 4.40. The van der Waals surface area contributed by atoms with Crippen molar-refractivity contribution in [2.75, 3.05) is 11.5 Å². The van der Waals surface area contributed by atoms with Gasteiger partial charge in [0.05, 0.1) is 18.5 Å². The lowest BCUT2D eigenvalue weighted by molar-refractivity contribution is -0.143. The number of carbonyl (C=O) groups is 2. The summed E-state index contributed by atoms with van der Waals surface area (Å²) < 4.78 is 0. The van der Waals surface area contributed by atoms with Crippen molar-refractivity contribution in [2.45, 2.75) is 23.8 Å². The maximum absolute atomic E-state index is 9.64. The third-order valence-electron chi connectivity index (χ3n) is 2.37. The quantitative estimate of drug-likeness (QED) is 0.439. The molecule has 128 valence electrons. The van der Waals surface area contributed by atoms with Crippen molar-refractivity contribution in [3.8, 4) is 0 Å². The van der Waals surface area contributed by atoms with Crippen LogP contribution in [0.15, 0.2) is 35.6 Å². The summed E-state index contributed by atoms with van der Waals surface area (Å²) in [6, 6.07) is 7.30. The molecule has 2 rings (SSSR count). The number of nitrogens with two attached hydrogens (primary N) is 2. The lowest BCUT2D eigenvalue weighted by Crippen LogP contribution is -2.00. The van der Waals surface area contributed by atoms with Gasteiger partial charge in [-0.1, -0.05) is 17.8 Å². The van der Waals surface area contributed by atoms with Gasteiger partial charge in [-0.25, -0.2) is 9.97 Å². The summed E-state index contributed by atoms with van der Waals surface area (Å²) in [6.45, 7) is 0. The molecule has 0 aliphatic heterocycles. The highest BCUT2D eigenvalue weighted by atomic mass is 32.2. The Hall–Kier alpha value is -2.88. The highest BCUT2D eigenvalue weighted by Crippen LogP contribution is 2.19. The Bertz CT molecular complexity index is 650. The summed E-state index contributed by atoms with van der Waals surface area (Å²) in [5.74, 6) is -0.684. The van der Waals surface area contributed by atoms with Crippen molar-refractivity contribution in [1.29, 1.82) is 0 Å². The number of aliphatic carboxylic acids is 2. The van der Waals surface area contributed by atoms with E-state index in [9.17, 15) is 9.59 Å². The number of hydrogen-bond donors (Lipinski definition) is 4. The monoisotopic (exact) mass is 351 g/mol. The van der Waals surface area contributed by atoms with E-state index in [0.29, 0.717) is 22.5 Å². The average molecular weight is 351 g/mol. The minimum Gasteiger partial charge on any atom is -0.481 e. The van der Waals surface area contributed by atoms with Crippen molar-refractivity contribution in [1.82, 2.24) is 15.0 Å². The maximum Gasteiger partial charge on any atom is 0.303 e. The van der Waals surface area contributed by atoms with Gasteiger partial charge < -0.3 is 21.7 Å². The van der Waals surface area contributed by atoms with Crippen LogP contribution in [0.4, 0.5) is 11.6 Å². The zero-order chi connectivity index (χ0) is 17.9. The largest absolute Gasteiger partial charge is 0.481 e. The molecule has 0 aliphatic rings. The van der Waals surface area contributed by atoms with Crippen molar-refractivity contribution < 1.29 is 19.8 Å². The zero-order valence-electron chi connectivity index (χ0n) is 12.6. The average Bonchev–Trinajstić information content (AvgIpc) is 2.52. The van der Waals surface area contributed by atoms with E-state index in [-0.39, 0.29) is 12.8 Å². The first-order valence-electron chi connectivity index (χ1n) is 6.73. The Balaban J connectivity index is 0.000000307. The number of nitrogen functional groups attached to an aromatic ring is 2. The summed E-state index contributed by atoms with van der Waals surface area (Å²) in [6.07, 6.45) is 1.16. The van der Waals surface area contributed by atoms with E-state index in [0.717, 1.165) is 5.69 Å². The van der Waals surface area contributed by atoms with Gasteiger partial charge in [0.1, 0.15) is 11.6 Å². The number of carboxylic acids is 2. The molecule has 10 heteroatoms. The molecule has 0 atom stereocenters. The first kappa shape index (κ1) is 19.2. The summed E-state index contributed by atoms with van der Waals surface area (Å²) >= 11 is 1.46. The number of thioether (sulfide) groups is 1. The molecule has 0 amide bonds. The molecule has 0 unspecified atom stereocenters.